The van der Waals surface area contributed by atoms with Crippen LogP contribution in [0.3, 0.4) is 0 Å². The van der Waals surface area contributed by atoms with Crippen molar-refractivity contribution in [2.75, 3.05) is 37.7 Å². The fraction of sp³-hybridized carbons (Fsp3) is 0.389. The van der Waals surface area contributed by atoms with Crippen molar-refractivity contribution in [3.63, 3.8) is 0 Å². The largest absolute Gasteiger partial charge is 0.383 e. The summed E-state index contributed by atoms with van der Waals surface area (Å²) in [7, 11) is 0. The molecule has 1 aliphatic heterocycles. The van der Waals surface area contributed by atoms with Crippen LogP contribution in [-0.2, 0) is 10.3 Å². The Morgan fingerprint density at radius 2 is 2.04 bits per heavy atom. The molecular weight excluding hydrogens is 324 g/mol. The Bertz CT molecular complexity index is 679. The molecule has 0 radical (unpaired) electrons. The molecule has 0 aliphatic carbocycles. The topological polar surface area (TPSA) is 61.8 Å². The monoisotopic (exact) mass is 346 g/mol. The average molecular weight is 346 g/mol. The zero-order valence-electron chi connectivity index (χ0n) is 13.7. The van der Waals surface area contributed by atoms with Crippen molar-refractivity contribution in [1.82, 2.24) is 5.32 Å². The molecule has 0 spiro atoms. The average Bonchev–Trinajstić information content (AvgIpc) is 3.16. The highest BCUT2D eigenvalue weighted by molar-refractivity contribution is 7.10. The van der Waals surface area contributed by atoms with E-state index in [1.807, 2.05) is 41.8 Å². The zero-order valence-corrected chi connectivity index (χ0v) is 14.5. The molecule has 1 saturated heterocycles. The zero-order chi connectivity index (χ0) is 17.0. The van der Waals surface area contributed by atoms with Crippen LogP contribution < -0.4 is 10.2 Å². The molecule has 1 amide bonds. The smallest absolute Gasteiger partial charge is 0.253 e. The van der Waals surface area contributed by atoms with Crippen molar-refractivity contribution in [3.8, 4) is 0 Å². The van der Waals surface area contributed by atoms with E-state index in [9.17, 15) is 9.90 Å². The number of amides is 1. The second kappa shape index (κ2) is 7.34. The molecule has 5 nitrogen and oxygen atoms in total. The number of anilines is 1. The number of hydrogen-bond acceptors (Lipinski definition) is 5. The van der Waals surface area contributed by atoms with Gasteiger partial charge in [0.25, 0.3) is 5.91 Å². The second-order valence-electron chi connectivity index (χ2n) is 6.05. The van der Waals surface area contributed by atoms with Crippen molar-refractivity contribution in [3.05, 3.63) is 52.2 Å². The molecule has 128 valence electrons. The summed E-state index contributed by atoms with van der Waals surface area (Å²) in [6, 6.07) is 11.3. The van der Waals surface area contributed by atoms with Gasteiger partial charge in [-0.05, 0) is 30.5 Å². The lowest BCUT2D eigenvalue weighted by molar-refractivity contribution is 0.0557. The van der Waals surface area contributed by atoms with Crippen molar-refractivity contribution >= 4 is 22.9 Å². The summed E-state index contributed by atoms with van der Waals surface area (Å²) in [5.41, 5.74) is 0.466. The quantitative estimate of drug-likeness (QED) is 0.871. The van der Waals surface area contributed by atoms with Crippen molar-refractivity contribution in [1.29, 1.82) is 0 Å². The lowest BCUT2D eigenvalue weighted by Crippen LogP contribution is -2.40. The van der Waals surface area contributed by atoms with Gasteiger partial charge in [0, 0.05) is 23.7 Å². The standard InChI is InChI=1S/C18H22N2O3S/c1-18(22,16-7-4-12-24-16)13-19-17(21)14-5-2-3-6-15(14)20-8-10-23-11-9-20/h2-7,12,22H,8-11,13H2,1H3,(H,19,21)/t18-/m0/s1. The van der Waals surface area contributed by atoms with Gasteiger partial charge in [0.1, 0.15) is 5.60 Å². The molecule has 1 aromatic carbocycles. The Balaban J connectivity index is 1.71. The summed E-state index contributed by atoms with van der Waals surface area (Å²) < 4.78 is 5.38. The van der Waals surface area contributed by atoms with Gasteiger partial charge in [-0.1, -0.05) is 18.2 Å². The van der Waals surface area contributed by atoms with E-state index in [4.69, 9.17) is 4.74 Å². The van der Waals surface area contributed by atoms with Crippen molar-refractivity contribution < 1.29 is 14.6 Å². The van der Waals surface area contributed by atoms with Gasteiger partial charge in [-0.25, -0.2) is 0 Å². The van der Waals surface area contributed by atoms with Gasteiger partial charge >= 0.3 is 0 Å². The summed E-state index contributed by atoms with van der Waals surface area (Å²) >= 11 is 1.48. The third-order valence-electron chi connectivity index (χ3n) is 4.15. The number of hydrogen-bond donors (Lipinski definition) is 2. The van der Waals surface area contributed by atoms with Crippen LogP contribution in [0.25, 0.3) is 0 Å². The first-order chi connectivity index (χ1) is 11.6. The first-order valence-corrected chi connectivity index (χ1v) is 8.92. The van der Waals surface area contributed by atoms with Gasteiger partial charge in [0.05, 0.1) is 25.3 Å². The number of thiophene rings is 1. The third kappa shape index (κ3) is 3.77. The molecule has 3 rings (SSSR count). The van der Waals surface area contributed by atoms with Gasteiger partial charge in [-0.15, -0.1) is 11.3 Å². The van der Waals surface area contributed by atoms with Gasteiger partial charge in [-0.2, -0.15) is 0 Å². The number of aliphatic hydroxyl groups is 1. The molecule has 24 heavy (non-hydrogen) atoms. The number of benzene rings is 1. The third-order valence-corrected chi connectivity index (χ3v) is 5.27. The van der Waals surface area contributed by atoms with Gasteiger partial charge in [-0.3, -0.25) is 4.79 Å². The number of carbonyl (C=O) groups is 1. The molecule has 2 heterocycles. The maximum absolute atomic E-state index is 12.6. The number of nitrogens with zero attached hydrogens (tertiary/aromatic N) is 1. The summed E-state index contributed by atoms with van der Waals surface area (Å²) in [5.74, 6) is -0.172. The number of rotatable bonds is 5. The summed E-state index contributed by atoms with van der Waals surface area (Å²) in [4.78, 5) is 15.6. The van der Waals surface area contributed by atoms with Crippen molar-refractivity contribution in [2.45, 2.75) is 12.5 Å². The van der Waals surface area contributed by atoms with E-state index in [-0.39, 0.29) is 12.5 Å². The normalized spacial score (nSPS) is 17.3. The number of carbonyl (C=O) groups excluding carboxylic acids is 1. The van der Waals surface area contributed by atoms with Crippen LogP contribution >= 0.6 is 11.3 Å². The van der Waals surface area contributed by atoms with Gasteiger partial charge in [0.2, 0.25) is 0 Å². The molecule has 1 fully saturated rings. The molecule has 2 N–H and O–H groups in total. The lowest BCUT2D eigenvalue weighted by atomic mass is 10.0. The highest BCUT2D eigenvalue weighted by Gasteiger charge is 2.26. The fourth-order valence-electron chi connectivity index (χ4n) is 2.77. The van der Waals surface area contributed by atoms with E-state index >= 15 is 0 Å². The summed E-state index contributed by atoms with van der Waals surface area (Å²) in [5, 5.41) is 15.3. The minimum absolute atomic E-state index is 0.170. The molecule has 1 aliphatic rings. The predicted octanol–water partition coefficient (Wildman–Crippen LogP) is 2.22. The van der Waals surface area contributed by atoms with Crippen LogP contribution in [0.4, 0.5) is 5.69 Å². The predicted molar refractivity (Wildman–Crippen MR) is 95.7 cm³/mol. The SMILES string of the molecule is C[C@](O)(CNC(=O)c1ccccc1N1CCOCC1)c1cccs1. The van der Waals surface area contributed by atoms with E-state index in [1.165, 1.54) is 11.3 Å². The Labute approximate surface area is 145 Å². The van der Waals surface area contributed by atoms with Crippen LogP contribution in [0.2, 0.25) is 0 Å². The molecule has 1 atom stereocenters. The first kappa shape index (κ1) is 17.0. The van der Waals surface area contributed by atoms with Crippen LogP contribution in [0.15, 0.2) is 41.8 Å². The molecule has 6 heteroatoms. The second-order valence-corrected chi connectivity index (χ2v) is 7.00. The highest BCUT2D eigenvalue weighted by Crippen LogP contribution is 2.25. The Hall–Kier alpha value is -1.89. The van der Waals surface area contributed by atoms with Crippen LogP contribution in [-0.4, -0.2) is 43.9 Å². The molecule has 0 unspecified atom stereocenters. The van der Waals surface area contributed by atoms with E-state index < -0.39 is 5.60 Å². The summed E-state index contributed by atoms with van der Waals surface area (Å²) in [6.45, 7) is 4.78. The number of morpholine rings is 1. The van der Waals surface area contributed by atoms with Gasteiger partial charge in [0.15, 0.2) is 0 Å². The molecule has 0 saturated carbocycles. The molecular formula is C18H22N2O3S. The maximum atomic E-state index is 12.6. The Kier molecular flexibility index (Phi) is 5.18. The van der Waals surface area contributed by atoms with Crippen molar-refractivity contribution in [2.24, 2.45) is 0 Å². The first-order valence-electron chi connectivity index (χ1n) is 8.04. The molecule has 1 aromatic heterocycles. The minimum atomic E-state index is -1.07. The Morgan fingerprint density at radius 3 is 2.75 bits per heavy atom. The number of ether oxygens (including phenoxy) is 1. The van der Waals surface area contributed by atoms with Gasteiger partial charge < -0.3 is 20.1 Å². The minimum Gasteiger partial charge on any atom is -0.383 e. The number of nitrogens with one attached hydrogen (secondary N) is 1. The Morgan fingerprint density at radius 1 is 1.29 bits per heavy atom. The lowest BCUT2D eigenvalue weighted by Gasteiger charge is -2.30. The maximum Gasteiger partial charge on any atom is 0.253 e. The fourth-order valence-corrected chi connectivity index (χ4v) is 3.55. The highest BCUT2D eigenvalue weighted by atomic mass is 32.1. The summed E-state index contributed by atoms with van der Waals surface area (Å²) in [6.07, 6.45) is 0. The van der Waals surface area contributed by atoms with E-state index in [2.05, 4.69) is 10.2 Å². The van der Waals surface area contributed by atoms with Crippen LogP contribution in [0.1, 0.15) is 22.2 Å². The molecule has 0 bridgehead atoms. The van der Waals surface area contributed by atoms with Crippen LogP contribution in [0, 0.1) is 0 Å². The van der Waals surface area contributed by atoms with Crippen LogP contribution in [0.5, 0.6) is 0 Å². The van der Waals surface area contributed by atoms with E-state index in [0.29, 0.717) is 18.8 Å². The number of para-hydroxylation sites is 1. The van der Waals surface area contributed by atoms with E-state index in [0.717, 1.165) is 23.7 Å². The van der Waals surface area contributed by atoms with E-state index in [1.54, 1.807) is 6.92 Å². The molecule has 2 aromatic rings.